The number of anilines is 1. The van der Waals surface area contributed by atoms with E-state index in [1.165, 1.54) is 56.6 Å². The maximum Gasteiger partial charge on any atom is 0.264 e. The van der Waals surface area contributed by atoms with Gasteiger partial charge in [0.25, 0.3) is 10.0 Å². The van der Waals surface area contributed by atoms with Gasteiger partial charge in [0.1, 0.15) is 0 Å². The maximum absolute atomic E-state index is 12.9. The molecule has 0 saturated heterocycles. The van der Waals surface area contributed by atoms with Crippen molar-refractivity contribution < 1.29 is 27.4 Å². The van der Waals surface area contributed by atoms with Crippen LogP contribution in [0.5, 0.6) is 17.2 Å². The first-order valence-electron chi connectivity index (χ1n) is 11.1. The van der Waals surface area contributed by atoms with Gasteiger partial charge >= 0.3 is 0 Å². The van der Waals surface area contributed by atoms with Crippen LogP contribution in [-0.4, -0.2) is 60.5 Å². The van der Waals surface area contributed by atoms with Crippen molar-refractivity contribution in [3.63, 3.8) is 0 Å². The fourth-order valence-corrected chi connectivity index (χ4v) is 4.51. The molecular formula is C25H24N6O6S. The normalized spacial score (nSPS) is 11.4. The molecule has 0 amide bonds. The summed E-state index contributed by atoms with van der Waals surface area (Å²) in [4.78, 5) is 20.6. The molecule has 0 atom stereocenters. The van der Waals surface area contributed by atoms with Crippen LogP contribution in [0.25, 0.3) is 11.8 Å². The SMILES string of the molecule is COc1cc(/C=C/C(=O)c2nnn(-c3ccc(S(=O)(=O)Nc4ncccn4)cc3)c2C)cc(OC)c1OC. The number of sulfonamides is 1. The number of aromatic nitrogens is 5. The Balaban J connectivity index is 1.53. The molecule has 0 aliphatic heterocycles. The van der Waals surface area contributed by atoms with Crippen LogP contribution >= 0.6 is 0 Å². The number of allylic oxidation sites excluding steroid dienone is 1. The van der Waals surface area contributed by atoms with Gasteiger partial charge in [-0.05, 0) is 61.0 Å². The Hall–Kier alpha value is -4.78. The third kappa shape index (κ3) is 5.47. The lowest BCUT2D eigenvalue weighted by Gasteiger charge is -2.12. The molecule has 0 aliphatic carbocycles. The molecule has 1 N–H and O–H groups in total. The zero-order valence-electron chi connectivity index (χ0n) is 20.9. The highest BCUT2D eigenvalue weighted by atomic mass is 32.2. The first-order chi connectivity index (χ1) is 18.3. The lowest BCUT2D eigenvalue weighted by atomic mass is 10.1. The van der Waals surface area contributed by atoms with E-state index in [-0.39, 0.29) is 22.3 Å². The Labute approximate surface area is 219 Å². The van der Waals surface area contributed by atoms with Crippen molar-refractivity contribution in [2.24, 2.45) is 0 Å². The van der Waals surface area contributed by atoms with Crippen LogP contribution in [0.2, 0.25) is 0 Å². The number of nitrogens with one attached hydrogen (secondary N) is 1. The molecule has 0 unspecified atom stereocenters. The Kier molecular flexibility index (Phi) is 7.67. The van der Waals surface area contributed by atoms with Gasteiger partial charge in [0, 0.05) is 12.4 Å². The van der Waals surface area contributed by atoms with Crippen molar-refractivity contribution in [1.29, 1.82) is 0 Å². The number of nitrogens with zero attached hydrogens (tertiary/aromatic N) is 5. The zero-order chi connectivity index (χ0) is 27.3. The molecule has 196 valence electrons. The van der Waals surface area contributed by atoms with E-state index in [0.717, 1.165) is 0 Å². The molecule has 12 nitrogen and oxygen atoms in total. The molecule has 0 bridgehead atoms. The van der Waals surface area contributed by atoms with E-state index >= 15 is 0 Å². The first-order valence-corrected chi connectivity index (χ1v) is 12.6. The molecule has 0 radical (unpaired) electrons. The van der Waals surface area contributed by atoms with E-state index < -0.39 is 10.0 Å². The summed E-state index contributed by atoms with van der Waals surface area (Å²) in [6, 6.07) is 10.9. The van der Waals surface area contributed by atoms with Gasteiger partial charge in [-0.15, -0.1) is 5.10 Å². The number of rotatable bonds is 10. The second-order valence-electron chi connectivity index (χ2n) is 7.76. The van der Waals surface area contributed by atoms with Gasteiger partial charge in [-0.25, -0.2) is 27.8 Å². The summed E-state index contributed by atoms with van der Waals surface area (Å²) in [5.74, 6) is 0.955. The van der Waals surface area contributed by atoms with Gasteiger partial charge in [-0.2, -0.15) is 0 Å². The highest BCUT2D eigenvalue weighted by Crippen LogP contribution is 2.38. The summed E-state index contributed by atoms with van der Waals surface area (Å²) >= 11 is 0. The van der Waals surface area contributed by atoms with Crippen molar-refractivity contribution in [3.8, 4) is 22.9 Å². The topological polar surface area (TPSA) is 147 Å². The average molecular weight is 537 g/mol. The number of carbonyl (C=O) groups is 1. The van der Waals surface area contributed by atoms with Crippen LogP contribution in [0, 0.1) is 6.92 Å². The summed E-state index contributed by atoms with van der Waals surface area (Å²) in [6.07, 6.45) is 5.84. The number of methoxy groups -OCH3 is 3. The summed E-state index contributed by atoms with van der Waals surface area (Å²) in [6.45, 7) is 1.69. The molecule has 4 rings (SSSR count). The summed E-state index contributed by atoms with van der Waals surface area (Å²) in [5.41, 5.74) is 1.81. The van der Waals surface area contributed by atoms with E-state index in [9.17, 15) is 13.2 Å². The Bertz CT molecular complexity index is 1560. The number of ether oxygens (including phenoxy) is 3. The van der Waals surface area contributed by atoms with Crippen molar-refractivity contribution in [2.75, 3.05) is 26.1 Å². The Morgan fingerprint density at radius 2 is 1.61 bits per heavy atom. The van der Waals surface area contributed by atoms with Crippen molar-refractivity contribution in [1.82, 2.24) is 25.0 Å². The summed E-state index contributed by atoms with van der Waals surface area (Å²) in [7, 11) is 0.636. The average Bonchev–Trinajstić information content (AvgIpc) is 3.32. The van der Waals surface area contributed by atoms with Crippen LogP contribution in [0.1, 0.15) is 21.7 Å². The molecule has 4 aromatic rings. The molecular weight excluding hydrogens is 512 g/mol. The van der Waals surface area contributed by atoms with E-state index in [2.05, 4.69) is 25.0 Å². The lowest BCUT2D eigenvalue weighted by Crippen LogP contribution is -2.15. The number of ketones is 1. The smallest absolute Gasteiger partial charge is 0.264 e. The second kappa shape index (κ2) is 11.1. The minimum absolute atomic E-state index is 0.0102. The van der Waals surface area contributed by atoms with Gasteiger partial charge in [0.15, 0.2) is 17.2 Å². The van der Waals surface area contributed by atoms with Gasteiger partial charge in [-0.3, -0.25) is 4.79 Å². The second-order valence-corrected chi connectivity index (χ2v) is 9.45. The molecule has 0 saturated carbocycles. The van der Waals surface area contributed by atoms with E-state index in [1.54, 1.807) is 43.3 Å². The fraction of sp³-hybridized carbons (Fsp3) is 0.160. The third-order valence-corrected chi connectivity index (χ3v) is 6.77. The molecule has 38 heavy (non-hydrogen) atoms. The van der Waals surface area contributed by atoms with Gasteiger partial charge in [-0.1, -0.05) is 11.3 Å². The number of hydrogen-bond donors (Lipinski definition) is 1. The molecule has 2 heterocycles. The number of carbonyl (C=O) groups excluding carboxylic acids is 1. The fourth-order valence-electron chi connectivity index (χ4n) is 3.55. The number of benzene rings is 2. The first kappa shape index (κ1) is 26.3. The largest absolute Gasteiger partial charge is 0.493 e. The third-order valence-electron chi connectivity index (χ3n) is 5.43. The van der Waals surface area contributed by atoms with Gasteiger partial charge in [0.2, 0.25) is 17.5 Å². The Morgan fingerprint density at radius 3 is 2.18 bits per heavy atom. The van der Waals surface area contributed by atoms with Crippen LogP contribution in [0.15, 0.2) is 65.8 Å². The predicted octanol–water partition coefficient (Wildman–Crippen LogP) is 3.09. The molecule has 13 heteroatoms. The van der Waals surface area contributed by atoms with Gasteiger partial charge < -0.3 is 14.2 Å². The standard InChI is InChI=1S/C25H24N6O6S/c1-16-23(20(32)11-6-17-14-21(35-2)24(37-4)22(15-17)36-3)28-30-31(16)18-7-9-19(10-8-18)38(33,34)29-25-26-12-5-13-27-25/h5-15H,1-4H3,(H,26,27,29)/b11-6+. The summed E-state index contributed by atoms with van der Waals surface area (Å²) < 4.78 is 45.0. The molecule has 2 aromatic carbocycles. The van der Waals surface area contributed by atoms with E-state index in [0.29, 0.717) is 34.2 Å². The molecule has 0 spiro atoms. The molecule has 2 aromatic heterocycles. The maximum atomic E-state index is 12.9. The van der Waals surface area contributed by atoms with Crippen LogP contribution in [0.3, 0.4) is 0 Å². The van der Waals surface area contributed by atoms with Crippen molar-refractivity contribution >= 4 is 27.8 Å². The minimum Gasteiger partial charge on any atom is -0.493 e. The molecule has 0 aliphatic rings. The highest BCUT2D eigenvalue weighted by Gasteiger charge is 2.19. The molecule has 0 fully saturated rings. The lowest BCUT2D eigenvalue weighted by molar-refractivity contribution is 0.104. The monoisotopic (exact) mass is 536 g/mol. The van der Waals surface area contributed by atoms with Gasteiger partial charge in [0.05, 0.1) is 37.6 Å². The van der Waals surface area contributed by atoms with Crippen LogP contribution in [-0.2, 0) is 10.0 Å². The van der Waals surface area contributed by atoms with Crippen molar-refractivity contribution in [3.05, 3.63) is 77.9 Å². The Morgan fingerprint density at radius 1 is 0.974 bits per heavy atom. The quantitative estimate of drug-likeness (QED) is 0.237. The minimum atomic E-state index is -3.89. The zero-order valence-corrected chi connectivity index (χ0v) is 21.8. The van der Waals surface area contributed by atoms with E-state index in [1.807, 2.05) is 0 Å². The van der Waals surface area contributed by atoms with Crippen molar-refractivity contribution in [2.45, 2.75) is 11.8 Å². The highest BCUT2D eigenvalue weighted by molar-refractivity contribution is 7.92. The van der Waals surface area contributed by atoms with Crippen LogP contribution < -0.4 is 18.9 Å². The summed E-state index contributed by atoms with van der Waals surface area (Å²) in [5, 5.41) is 8.09. The number of hydrogen-bond acceptors (Lipinski definition) is 10. The predicted molar refractivity (Wildman–Crippen MR) is 138 cm³/mol. The van der Waals surface area contributed by atoms with Crippen LogP contribution in [0.4, 0.5) is 5.95 Å². The van der Waals surface area contributed by atoms with E-state index in [4.69, 9.17) is 14.2 Å².